The Morgan fingerprint density at radius 1 is 1.33 bits per heavy atom. The number of carbonyl (C=O) groups excluding carboxylic acids is 1. The first-order valence-electron chi connectivity index (χ1n) is 10.5. The third kappa shape index (κ3) is 5.44. The molecule has 0 radical (unpaired) electrons. The molecule has 1 heterocycles. The van der Waals surface area contributed by atoms with E-state index in [2.05, 4.69) is 39.2 Å². The fraction of sp³-hybridized carbons (Fsp3) is 0.545. The number of halogens is 1. The number of rotatable bonds is 8. The summed E-state index contributed by atoms with van der Waals surface area (Å²) in [5, 5.41) is 13.6. The first-order valence-corrected chi connectivity index (χ1v) is 12.3. The van der Waals surface area contributed by atoms with Gasteiger partial charge in [-0.3, -0.25) is 14.2 Å². The van der Waals surface area contributed by atoms with Gasteiger partial charge in [-0.05, 0) is 37.5 Å². The maximum atomic E-state index is 13.1. The van der Waals surface area contributed by atoms with Crippen LogP contribution in [0.3, 0.4) is 0 Å². The molecule has 0 bridgehead atoms. The first-order chi connectivity index (χ1) is 14.5. The highest BCUT2D eigenvalue weighted by Crippen LogP contribution is 2.28. The number of thioether (sulfide) groups is 1. The summed E-state index contributed by atoms with van der Waals surface area (Å²) in [6.07, 6.45) is 7.39. The predicted octanol–water partition coefficient (Wildman–Crippen LogP) is 4.78. The van der Waals surface area contributed by atoms with E-state index in [-0.39, 0.29) is 17.2 Å². The van der Waals surface area contributed by atoms with Crippen molar-refractivity contribution in [2.24, 2.45) is 0 Å². The monoisotopic (exact) mass is 490 g/mol. The summed E-state index contributed by atoms with van der Waals surface area (Å²) in [6, 6.07) is 7.78. The lowest BCUT2D eigenvalue weighted by Crippen LogP contribution is -2.49. The Kier molecular flexibility index (Phi) is 7.95. The van der Waals surface area contributed by atoms with E-state index in [0.29, 0.717) is 35.4 Å². The molecule has 1 amide bonds. The van der Waals surface area contributed by atoms with Gasteiger partial charge in [0.25, 0.3) is 5.56 Å². The van der Waals surface area contributed by atoms with Crippen molar-refractivity contribution in [1.29, 1.82) is 5.26 Å². The summed E-state index contributed by atoms with van der Waals surface area (Å²) in [5.74, 6) is -0.0557. The van der Waals surface area contributed by atoms with Gasteiger partial charge in [0.05, 0.1) is 22.7 Å². The van der Waals surface area contributed by atoms with Crippen LogP contribution >= 0.6 is 27.7 Å². The van der Waals surface area contributed by atoms with E-state index in [9.17, 15) is 14.9 Å². The molecule has 2 aromatic rings. The third-order valence-corrected chi connectivity index (χ3v) is 6.97. The summed E-state index contributed by atoms with van der Waals surface area (Å²) in [7, 11) is 0. The van der Waals surface area contributed by atoms with Gasteiger partial charge in [0.2, 0.25) is 5.91 Å². The van der Waals surface area contributed by atoms with E-state index < -0.39 is 5.54 Å². The number of nitriles is 1. The normalized spacial score (nSPS) is 15.6. The molecule has 0 aliphatic heterocycles. The second-order valence-corrected chi connectivity index (χ2v) is 9.67. The molecule has 1 aliphatic carbocycles. The molecule has 160 valence electrons. The van der Waals surface area contributed by atoms with Crippen LogP contribution in [0.25, 0.3) is 10.9 Å². The zero-order valence-corrected chi connectivity index (χ0v) is 19.6. The number of carbonyl (C=O) groups is 1. The van der Waals surface area contributed by atoms with Crippen LogP contribution in [-0.2, 0) is 11.3 Å². The van der Waals surface area contributed by atoms with Gasteiger partial charge in [0.1, 0.15) is 5.54 Å². The van der Waals surface area contributed by atoms with Gasteiger partial charge in [-0.15, -0.1) is 0 Å². The Bertz CT molecular complexity index is 1010. The van der Waals surface area contributed by atoms with Crippen LogP contribution in [0, 0.1) is 11.3 Å². The Labute approximate surface area is 189 Å². The van der Waals surface area contributed by atoms with E-state index in [1.807, 2.05) is 12.1 Å². The number of amides is 1. The molecule has 30 heavy (non-hydrogen) atoms. The van der Waals surface area contributed by atoms with Crippen LogP contribution in [0.5, 0.6) is 0 Å². The van der Waals surface area contributed by atoms with Crippen molar-refractivity contribution in [3.63, 3.8) is 0 Å². The van der Waals surface area contributed by atoms with E-state index in [1.165, 1.54) is 11.8 Å². The Morgan fingerprint density at radius 2 is 2.10 bits per heavy atom. The van der Waals surface area contributed by atoms with Crippen molar-refractivity contribution in [2.45, 2.75) is 75.5 Å². The van der Waals surface area contributed by atoms with Crippen LogP contribution in [0.2, 0.25) is 0 Å². The van der Waals surface area contributed by atoms with Crippen LogP contribution in [-0.4, -0.2) is 26.8 Å². The highest BCUT2D eigenvalue weighted by atomic mass is 79.9. The van der Waals surface area contributed by atoms with Crippen molar-refractivity contribution < 1.29 is 4.79 Å². The Morgan fingerprint density at radius 3 is 2.80 bits per heavy atom. The quantitative estimate of drug-likeness (QED) is 0.326. The van der Waals surface area contributed by atoms with Crippen molar-refractivity contribution in [3.05, 3.63) is 33.0 Å². The SMILES string of the molecule is CCCCCn1c(SCC(=O)NC2(C#N)CCCCC2)nc2ccc(Br)cc2c1=O. The lowest BCUT2D eigenvalue weighted by Gasteiger charge is -2.31. The fourth-order valence-electron chi connectivity index (χ4n) is 3.85. The van der Waals surface area contributed by atoms with Gasteiger partial charge in [-0.25, -0.2) is 4.98 Å². The number of aromatic nitrogens is 2. The molecule has 0 atom stereocenters. The molecule has 8 heteroatoms. The molecule has 1 aromatic carbocycles. The number of nitrogens with zero attached hydrogens (tertiary/aromatic N) is 3. The van der Waals surface area contributed by atoms with Crippen molar-refractivity contribution in [2.75, 3.05) is 5.75 Å². The van der Waals surface area contributed by atoms with Crippen molar-refractivity contribution >= 4 is 44.5 Å². The van der Waals surface area contributed by atoms with Crippen LogP contribution in [0.15, 0.2) is 32.6 Å². The van der Waals surface area contributed by atoms with Gasteiger partial charge >= 0.3 is 0 Å². The van der Waals surface area contributed by atoms with Crippen LogP contribution in [0.4, 0.5) is 0 Å². The second-order valence-electron chi connectivity index (χ2n) is 7.81. The molecule has 0 spiro atoms. The molecule has 6 nitrogen and oxygen atoms in total. The topological polar surface area (TPSA) is 87.8 Å². The molecule has 3 rings (SSSR count). The molecular formula is C22H27BrN4O2S. The molecule has 0 unspecified atom stereocenters. The van der Waals surface area contributed by atoms with Gasteiger partial charge < -0.3 is 5.32 Å². The van der Waals surface area contributed by atoms with E-state index in [4.69, 9.17) is 0 Å². The van der Waals surface area contributed by atoms with Gasteiger partial charge in [0.15, 0.2) is 5.16 Å². The summed E-state index contributed by atoms with van der Waals surface area (Å²) in [6.45, 7) is 2.70. The van der Waals surface area contributed by atoms with Crippen LogP contribution in [0.1, 0.15) is 58.3 Å². The largest absolute Gasteiger partial charge is 0.337 e. The smallest absolute Gasteiger partial charge is 0.262 e. The fourth-order valence-corrected chi connectivity index (χ4v) is 5.04. The Balaban J connectivity index is 1.80. The van der Waals surface area contributed by atoms with Gasteiger partial charge in [-0.1, -0.05) is 66.7 Å². The molecule has 1 saturated carbocycles. The lowest BCUT2D eigenvalue weighted by atomic mass is 9.83. The van der Waals surface area contributed by atoms with E-state index >= 15 is 0 Å². The maximum Gasteiger partial charge on any atom is 0.262 e. The first kappa shape index (κ1) is 22.8. The van der Waals surface area contributed by atoms with Gasteiger partial charge in [-0.2, -0.15) is 5.26 Å². The van der Waals surface area contributed by atoms with Crippen molar-refractivity contribution in [3.8, 4) is 6.07 Å². The van der Waals surface area contributed by atoms with E-state index in [1.54, 1.807) is 10.6 Å². The minimum atomic E-state index is -0.750. The lowest BCUT2D eigenvalue weighted by molar-refractivity contribution is -0.120. The molecule has 1 N–H and O–H groups in total. The average Bonchev–Trinajstić information content (AvgIpc) is 2.75. The number of hydrogen-bond acceptors (Lipinski definition) is 5. The van der Waals surface area contributed by atoms with Crippen LogP contribution < -0.4 is 10.9 Å². The maximum absolute atomic E-state index is 13.1. The zero-order valence-electron chi connectivity index (χ0n) is 17.2. The van der Waals surface area contributed by atoms with E-state index in [0.717, 1.165) is 43.0 Å². The molecule has 1 aromatic heterocycles. The minimum absolute atomic E-state index is 0.0823. The summed E-state index contributed by atoms with van der Waals surface area (Å²) in [5.41, 5.74) is -0.209. The number of unbranched alkanes of at least 4 members (excludes halogenated alkanes) is 2. The molecule has 1 fully saturated rings. The Hall–Kier alpha value is -1.85. The molecular weight excluding hydrogens is 464 g/mol. The third-order valence-electron chi connectivity index (χ3n) is 5.50. The second kappa shape index (κ2) is 10.5. The molecule has 1 aliphatic rings. The van der Waals surface area contributed by atoms with Crippen molar-refractivity contribution in [1.82, 2.24) is 14.9 Å². The number of fused-ring (bicyclic) bond motifs is 1. The average molecular weight is 491 g/mol. The summed E-state index contributed by atoms with van der Waals surface area (Å²) < 4.78 is 2.52. The number of hydrogen-bond donors (Lipinski definition) is 1. The predicted molar refractivity (Wildman–Crippen MR) is 124 cm³/mol. The van der Waals surface area contributed by atoms with Gasteiger partial charge in [0, 0.05) is 11.0 Å². The minimum Gasteiger partial charge on any atom is -0.337 e. The summed E-state index contributed by atoms with van der Waals surface area (Å²) in [4.78, 5) is 30.4. The summed E-state index contributed by atoms with van der Waals surface area (Å²) >= 11 is 4.68. The molecule has 0 saturated heterocycles. The zero-order chi connectivity index (χ0) is 21.6. The number of nitrogens with one attached hydrogen (secondary N) is 1. The highest BCUT2D eigenvalue weighted by Gasteiger charge is 2.33. The number of benzene rings is 1. The standard InChI is InChI=1S/C22H27BrN4O2S/c1-2-3-7-12-27-20(29)17-13-16(23)8-9-18(17)25-21(27)30-14-19(28)26-22(15-24)10-5-4-6-11-22/h8-9,13H,2-7,10-12,14H2,1H3,(H,26,28). The highest BCUT2D eigenvalue weighted by molar-refractivity contribution is 9.10.